The van der Waals surface area contributed by atoms with Gasteiger partial charge in [0.05, 0.1) is 26.2 Å². The van der Waals surface area contributed by atoms with Gasteiger partial charge in [0, 0.05) is 11.6 Å². The Labute approximate surface area is 297 Å². The Morgan fingerprint density at radius 3 is 1.96 bits per heavy atom. The summed E-state index contributed by atoms with van der Waals surface area (Å²) in [7, 11) is -2.64. The first-order valence-corrected chi connectivity index (χ1v) is 24.9. The van der Waals surface area contributed by atoms with Crippen molar-refractivity contribution in [1.29, 1.82) is 0 Å². The minimum Gasteiger partial charge on any atom is -0.500 e. The van der Waals surface area contributed by atoms with Crippen LogP contribution in [0.15, 0.2) is 34.3 Å². The van der Waals surface area contributed by atoms with E-state index >= 15 is 14.4 Å². The van der Waals surface area contributed by atoms with Crippen LogP contribution >= 0.6 is 0 Å². The number of allylic oxidation sites excluding steroid dienone is 6. The molecule has 2 bridgehead atoms. The molecule has 0 aromatic carbocycles. The van der Waals surface area contributed by atoms with Crippen LogP contribution < -0.4 is 0 Å². The molecule has 0 heterocycles. The highest BCUT2D eigenvalue weighted by Crippen LogP contribution is 2.68. The molecule has 0 aromatic heterocycles. The van der Waals surface area contributed by atoms with Crippen LogP contribution in [0.4, 0.5) is 0 Å². The lowest BCUT2D eigenvalue weighted by atomic mass is 9.39. The van der Waals surface area contributed by atoms with Gasteiger partial charge in [-0.15, -0.1) is 0 Å². The highest BCUT2D eigenvalue weighted by atomic mass is 28.4. The van der Waals surface area contributed by atoms with Crippen molar-refractivity contribution in [1.82, 2.24) is 0 Å². The lowest BCUT2D eigenvalue weighted by Crippen LogP contribution is -2.71. The molecule has 2 aliphatic carbocycles. The minimum atomic E-state index is -2.40. The van der Waals surface area contributed by atoms with Gasteiger partial charge in [-0.25, -0.2) is 0 Å². The second-order valence-corrected chi connectivity index (χ2v) is 27.6. The fraction of sp³-hybridized carbons (Fsp3) is 0.780. The third-order valence-electron chi connectivity index (χ3n) is 11.9. The van der Waals surface area contributed by atoms with E-state index in [2.05, 4.69) is 87.2 Å². The van der Waals surface area contributed by atoms with E-state index in [1.165, 1.54) is 5.57 Å². The quantitative estimate of drug-likeness (QED) is 0.0808. The number of hydrogen-bond donors (Lipinski definition) is 0. The molecule has 0 radical (unpaired) electrons. The van der Waals surface area contributed by atoms with E-state index in [9.17, 15) is 0 Å². The molecule has 4 unspecified atom stereocenters. The van der Waals surface area contributed by atoms with Gasteiger partial charge in [-0.3, -0.25) is 14.4 Å². The monoisotopic (exact) mass is 700 g/mol. The van der Waals surface area contributed by atoms with Crippen molar-refractivity contribution in [2.75, 3.05) is 7.11 Å². The molecule has 0 aliphatic heterocycles. The summed E-state index contributed by atoms with van der Waals surface area (Å²) in [5.41, 5.74) is -1.68. The molecule has 1 fully saturated rings. The summed E-state index contributed by atoms with van der Waals surface area (Å²) in [6.07, 6.45) is 8.49. The van der Waals surface area contributed by atoms with Gasteiger partial charge >= 0.3 is 0 Å². The molecule has 4 atom stereocenters. The molecule has 48 heavy (non-hydrogen) atoms. The first-order valence-electron chi connectivity index (χ1n) is 18.9. The van der Waals surface area contributed by atoms with E-state index in [4.69, 9.17) is 9.16 Å². The molecule has 0 spiro atoms. The maximum absolute atomic E-state index is 15.7. The second kappa shape index (κ2) is 15.8. The molecule has 2 aliphatic rings. The molecule has 0 amide bonds. The minimum absolute atomic E-state index is 0.0211. The largest absolute Gasteiger partial charge is 0.500 e. The summed E-state index contributed by atoms with van der Waals surface area (Å²) < 4.78 is 13.3. The maximum Gasteiger partial charge on any atom is 0.192 e. The number of Topliss-reactive ketones (excluding diaryl/α,β-unsaturated/α-hetero) is 3. The van der Waals surface area contributed by atoms with Gasteiger partial charge in [0.15, 0.2) is 31.1 Å². The lowest BCUT2D eigenvalue weighted by molar-refractivity contribution is -0.179. The zero-order chi connectivity index (χ0) is 37.1. The Balaban J connectivity index is 2.99. The van der Waals surface area contributed by atoms with Crippen molar-refractivity contribution >= 4 is 33.7 Å². The Kier molecular flexibility index (Phi) is 14.0. The Bertz CT molecular complexity index is 1280. The van der Waals surface area contributed by atoms with E-state index in [1.54, 1.807) is 7.11 Å². The second-order valence-electron chi connectivity index (χ2n) is 18.0. The van der Waals surface area contributed by atoms with Gasteiger partial charge in [0.1, 0.15) is 5.76 Å². The van der Waals surface area contributed by atoms with Crippen LogP contribution in [0.1, 0.15) is 128 Å². The summed E-state index contributed by atoms with van der Waals surface area (Å²) in [4.78, 5) is 46.4. The average Bonchev–Trinajstić information content (AvgIpc) is 2.96. The van der Waals surface area contributed by atoms with E-state index < -0.39 is 32.6 Å². The molecule has 2 rings (SSSR count). The molecule has 5 nitrogen and oxygen atoms in total. The van der Waals surface area contributed by atoms with Crippen molar-refractivity contribution in [3.63, 3.8) is 0 Å². The van der Waals surface area contributed by atoms with Crippen LogP contribution in [0.25, 0.3) is 0 Å². The number of carbonyl (C=O) groups is 3. The summed E-state index contributed by atoms with van der Waals surface area (Å²) in [5, 5.41) is 0.657. The maximum atomic E-state index is 15.7. The summed E-state index contributed by atoms with van der Waals surface area (Å²) >= 11 is 0. The van der Waals surface area contributed by atoms with Crippen molar-refractivity contribution < 1.29 is 23.5 Å². The van der Waals surface area contributed by atoms with Crippen LogP contribution in [0.3, 0.4) is 0 Å². The third kappa shape index (κ3) is 7.98. The van der Waals surface area contributed by atoms with E-state index in [0.717, 1.165) is 36.5 Å². The molecule has 0 aromatic rings. The number of ketones is 3. The van der Waals surface area contributed by atoms with E-state index in [-0.39, 0.29) is 41.2 Å². The van der Waals surface area contributed by atoms with E-state index in [0.29, 0.717) is 36.6 Å². The molecule has 7 heteroatoms. The SMILES string of the molecule is CC[Si](CC)(CC)OC(C)(C)CCCC1(C)C(CC=C(C)C)CC2(CC=C(C)C)C(=O)C1(C(=O)CC(C)C)C(=O)C([Si](C)(C)C)=C2OC. The standard InChI is InChI=1S/C41H72O5Si2/c1-17-48(18-2,19-3)46-38(10,11)24-20-25-39(12)32(22-21-29(4)5)28-40(26-23-30(6)7)36(45-13)34(47(14,15)16)35(43)41(39,37(40)44)33(42)27-31(8)9/h21,23,31-32H,17-20,22,24-28H2,1-16H3. The number of ether oxygens (including phenoxy) is 1. The van der Waals surface area contributed by atoms with Crippen LogP contribution in [-0.4, -0.2) is 46.5 Å². The predicted molar refractivity (Wildman–Crippen MR) is 207 cm³/mol. The van der Waals surface area contributed by atoms with E-state index in [1.807, 2.05) is 27.7 Å². The van der Waals surface area contributed by atoms with Crippen LogP contribution in [-0.2, 0) is 23.5 Å². The van der Waals surface area contributed by atoms with Gasteiger partial charge in [0.25, 0.3) is 0 Å². The van der Waals surface area contributed by atoms with Gasteiger partial charge in [-0.2, -0.15) is 0 Å². The Hall–Kier alpha value is -1.58. The number of hydrogen-bond acceptors (Lipinski definition) is 5. The fourth-order valence-electron chi connectivity index (χ4n) is 9.07. The molecular weight excluding hydrogens is 629 g/mol. The number of fused-ring (bicyclic) bond motifs is 2. The highest BCUT2D eigenvalue weighted by molar-refractivity contribution is 6.88. The van der Waals surface area contributed by atoms with Gasteiger partial charge in [-0.05, 0) is 109 Å². The molecule has 1 saturated carbocycles. The average molecular weight is 701 g/mol. The van der Waals surface area contributed by atoms with Crippen molar-refractivity contribution in [3.8, 4) is 0 Å². The molecule has 0 N–H and O–H groups in total. The molecule has 274 valence electrons. The smallest absolute Gasteiger partial charge is 0.192 e. The summed E-state index contributed by atoms with van der Waals surface area (Å²) in [5.74, 6) is -0.148. The van der Waals surface area contributed by atoms with Gasteiger partial charge in [-0.1, -0.05) is 90.9 Å². The van der Waals surface area contributed by atoms with Crippen molar-refractivity contribution in [2.45, 2.75) is 171 Å². The number of methoxy groups -OCH3 is 1. The molecular formula is C41H72O5Si2. The first-order chi connectivity index (χ1) is 22.0. The van der Waals surface area contributed by atoms with Crippen LogP contribution in [0.5, 0.6) is 0 Å². The zero-order valence-electron chi connectivity index (χ0n) is 33.9. The van der Waals surface area contributed by atoms with Crippen molar-refractivity contribution in [2.24, 2.45) is 28.1 Å². The zero-order valence-corrected chi connectivity index (χ0v) is 35.9. The summed E-state index contributed by atoms with van der Waals surface area (Å²) in [6, 6.07) is 3.26. The first kappa shape index (κ1) is 42.6. The summed E-state index contributed by atoms with van der Waals surface area (Å²) in [6.45, 7) is 32.1. The van der Waals surface area contributed by atoms with Gasteiger partial charge < -0.3 is 9.16 Å². The topological polar surface area (TPSA) is 69.7 Å². The third-order valence-corrected chi connectivity index (χ3v) is 18.7. The predicted octanol–water partition coefficient (Wildman–Crippen LogP) is 11.2. The Morgan fingerprint density at radius 1 is 0.979 bits per heavy atom. The number of carbonyl (C=O) groups excluding carboxylic acids is 3. The molecule has 0 saturated heterocycles. The van der Waals surface area contributed by atoms with Crippen molar-refractivity contribution in [3.05, 3.63) is 34.3 Å². The fourth-order valence-corrected chi connectivity index (χ4v) is 14.2. The van der Waals surface area contributed by atoms with Gasteiger partial charge in [0.2, 0.25) is 0 Å². The van der Waals surface area contributed by atoms with Crippen LogP contribution in [0.2, 0.25) is 37.8 Å². The highest BCUT2D eigenvalue weighted by Gasteiger charge is 2.76. The Morgan fingerprint density at radius 2 is 1.52 bits per heavy atom. The lowest BCUT2D eigenvalue weighted by Gasteiger charge is -2.62. The van der Waals surface area contributed by atoms with Crippen LogP contribution in [0, 0.1) is 28.1 Å². The normalized spacial score (nSPS) is 26.6. The number of rotatable bonds is 18.